The summed E-state index contributed by atoms with van der Waals surface area (Å²) in [4.78, 5) is 15.1. The monoisotopic (exact) mass is 660 g/mol. The predicted molar refractivity (Wildman–Crippen MR) is 144 cm³/mol. The molecule has 4 aromatic heterocycles. The highest BCUT2D eigenvalue weighted by molar-refractivity contribution is 14.1. The van der Waals surface area contributed by atoms with E-state index in [0.29, 0.717) is 0 Å². The summed E-state index contributed by atoms with van der Waals surface area (Å²) >= 11 is 2.15. The Morgan fingerprint density at radius 2 is 0.970 bits per heavy atom. The number of fused-ring (bicyclic) bond motifs is 6. The standard InChI is InChI=1S/C13H11N2.C12H8N2.CH3I.CH4.HI/c1-15-9-3-5-11-7-6-10-4-2-8-14-12(10)13(11)15;1-3-9-5-6-10-4-2-8-14-12(10)11(9)13-7-1;1-2;;/h2-9H,1H3;1-8H;1H3;1H4;1H/q+1;;;;/p-1. The molecule has 0 atom stereocenters. The number of aromatic nitrogens is 4. The van der Waals surface area contributed by atoms with E-state index >= 15 is 0 Å². The van der Waals surface area contributed by atoms with E-state index in [1.165, 1.54) is 16.3 Å². The zero-order valence-electron chi connectivity index (χ0n) is 17.8. The van der Waals surface area contributed by atoms with Crippen LogP contribution >= 0.6 is 22.6 Å². The minimum absolute atomic E-state index is 0. The Hall–Kier alpha value is -2.46. The molecule has 0 saturated carbocycles. The first-order valence-corrected chi connectivity index (χ1v) is 12.1. The van der Waals surface area contributed by atoms with Gasteiger partial charge in [0.1, 0.15) is 12.6 Å². The van der Waals surface area contributed by atoms with Gasteiger partial charge < -0.3 is 24.0 Å². The lowest BCUT2D eigenvalue weighted by Crippen LogP contribution is -3.00. The summed E-state index contributed by atoms with van der Waals surface area (Å²) in [5.74, 6) is 0. The molecule has 4 nitrogen and oxygen atoms in total. The molecule has 0 saturated heterocycles. The van der Waals surface area contributed by atoms with Crippen LogP contribution in [0.15, 0.2) is 97.6 Å². The molecule has 2 aromatic carbocycles. The van der Waals surface area contributed by atoms with Gasteiger partial charge in [0.2, 0.25) is 5.52 Å². The Morgan fingerprint density at radius 1 is 0.576 bits per heavy atom. The molecule has 0 bridgehead atoms. The summed E-state index contributed by atoms with van der Waals surface area (Å²) in [6, 6.07) is 24.6. The van der Waals surface area contributed by atoms with Gasteiger partial charge in [-0.25, -0.2) is 4.98 Å². The Bertz CT molecular complexity index is 1430. The predicted octanol–water partition coefficient (Wildman–Crippen LogP) is 3.69. The van der Waals surface area contributed by atoms with Crippen molar-refractivity contribution in [1.29, 1.82) is 0 Å². The number of rotatable bonds is 0. The molecule has 6 aromatic rings. The second kappa shape index (κ2) is 12.7. The number of aryl methyl sites for hydroxylation is 1. The molecule has 6 heteroatoms. The minimum Gasteiger partial charge on any atom is -1.00 e. The fourth-order valence-electron chi connectivity index (χ4n) is 3.68. The number of hydrogen-bond donors (Lipinski definition) is 0. The maximum Gasteiger partial charge on any atom is 0.238 e. The van der Waals surface area contributed by atoms with Crippen LogP contribution in [0.2, 0.25) is 0 Å². The summed E-state index contributed by atoms with van der Waals surface area (Å²) in [5, 5.41) is 4.69. The molecule has 0 N–H and O–H groups in total. The molecule has 4 heterocycles. The number of nitrogens with zero attached hydrogens (tertiary/aromatic N) is 4. The Balaban J connectivity index is 0.000000206. The van der Waals surface area contributed by atoms with E-state index in [1.807, 2.05) is 29.3 Å². The molecular weight excluding hydrogens is 634 g/mol. The molecule has 0 unspecified atom stereocenters. The van der Waals surface area contributed by atoms with E-state index in [1.54, 1.807) is 12.4 Å². The quantitative estimate of drug-likeness (QED) is 0.108. The first-order valence-electron chi connectivity index (χ1n) is 9.90. The number of hydrogen-bond acceptors (Lipinski definition) is 3. The number of pyridine rings is 4. The summed E-state index contributed by atoms with van der Waals surface area (Å²) in [7, 11) is 2.05. The zero-order valence-corrected chi connectivity index (χ0v) is 22.1. The third kappa shape index (κ3) is 5.73. The Morgan fingerprint density at radius 3 is 1.48 bits per heavy atom. The van der Waals surface area contributed by atoms with Crippen LogP contribution < -0.4 is 28.5 Å². The molecule has 0 fully saturated rings. The maximum atomic E-state index is 4.45. The van der Waals surface area contributed by atoms with Crippen molar-refractivity contribution in [1.82, 2.24) is 15.0 Å². The van der Waals surface area contributed by atoms with Crippen molar-refractivity contribution in [2.75, 3.05) is 4.93 Å². The molecule has 33 heavy (non-hydrogen) atoms. The summed E-state index contributed by atoms with van der Waals surface area (Å²) in [5.41, 5.74) is 4.21. The highest BCUT2D eigenvalue weighted by atomic mass is 127. The van der Waals surface area contributed by atoms with Gasteiger partial charge in [-0.1, -0.05) is 66.4 Å². The molecular formula is C27H26I2N4. The second-order valence-corrected chi connectivity index (χ2v) is 6.91. The van der Waals surface area contributed by atoms with E-state index < -0.39 is 0 Å². The first kappa shape index (κ1) is 26.8. The third-order valence-corrected chi connectivity index (χ3v) is 5.06. The van der Waals surface area contributed by atoms with Crippen LogP contribution in [-0.2, 0) is 7.05 Å². The van der Waals surface area contributed by atoms with E-state index in [-0.39, 0.29) is 31.4 Å². The molecule has 0 spiro atoms. The molecule has 6 rings (SSSR count). The lowest BCUT2D eigenvalue weighted by atomic mass is 10.1. The highest BCUT2D eigenvalue weighted by Gasteiger charge is 2.09. The Labute approximate surface area is 225 Å². The van der Waals surface area contributed by atoms with Crippen molar-refractivity contribution in [2.45, 2.75) is 7.43 Å². The van der Waals surface area contributed by atoms with Crippen LogP contribution in [0.4, 0.5) is 0 Å². The van der Waals surface area contributed by atoms with Gasteiger partial charge in [0, 0.05) is 46.2 Å². The van der Waals surface area contributed by atoms with Crippen molar-refractivity contribution < 1.29 is 28.5 Å². The van der Waals surface area contributed by atoms with Gasteiger partial charge in [0.05, 0.1) is 11.0 Å². The average Bonchev–Trinajstić information content (AvgIpc) is 2.85. The van der Waals surface area contributed by atoms with Crippen LogP contribution in [0.1, 0.15) is 7.43 Å². The third-order valence-electron chi connectivity index (χ3n) is 5.06. The number of alkyl halides is 1. The molecule has 0 aliphatic heterocycles. The van der Waals surface area contributed by atoms with E-state index in [4.69, 9.17) is 0 Å². The van der Waals surface area contributed by atoms with Crippen LogP contribution in [-0.4, -0.2) is 19.9 Å². The van der Waals surface area contributed by atoms with Crippen molar-refractivity contribution >= 4 is 66.2 Å². The van der Waals surface area contributed by atoms with E-state index in [2.05, 4.69) is 110 Å². The van der Waals surface area contributed by atoms with Crippen LogP contribution in [0.5, 0.6) is 0 Å². The van der Waals surface area contributed by atoms with Crippen LogP contribution in [0.3, 0.4) is 0 Å². The van der Waals surface area contributed by atoms with Gasteiger partial charge in [-0.2, -0.15) is 4.57 Å². The summed E-state index contributed by atoms with van der Waals surface area (Å²) < 4.78 is 2.12. The molecule has 0 amide bonds. The van der Waals surface area contributed by atoms with Gasteiger partial charge in [0.15, 0.2) is 6.20 Å². The Kier molecular flexibility index (Phi) is 10.3. The van der Waals surface area contributed by atoms with Crippen LogP contribution in [0.25, 0.3) is 43.6 Å². The van der Waals surface area contributed by atoms with Gasteiger partial charge in [-0.05, 0) is 35.3 Å². The van der Waals surface area contributed by atoms with Crippen LogP contribution in [0, 0.1) is 0 Å². The second-order valence-electron chi connectivity index (χ2n) is 6.91. The average molecular weight is 660 g/mol. The molecule has 0 aliphatic rings. The maximum absolute atomic E-state index is 4.45. The van der Waals surface area contributed by atoms with Crippen molar-refractivity contribution in [3.63, 3.8) is 0 Å². The topological polar surface area (TPSA) is 42.5 Å². The van der Waals surface area contributed by atoms with E-state index in [9.17, 15) is 0 Å². The lowest BCUT2D eigenvalue weighted by molar-refractivity contribution is -0.644. The van der Waals surface area contributed by atoms with Crippen molar-refractivity contribution in [3.05, 3.63) is 97.6 Å². The lowest BCUT2D eigenvalue weighted by Gasteiger charge is -2.00. The van der Waals surface area contributed by atoms with Gasteiger partial charge in [0.25, 0.3) is 0 Å². The fourth-order valence-corrected chi connectivity index (χ4v) is 3.68. The SMILES string of the molecule is C.CI.C[n+]1cccc2ccc3cccnc3c21.[I-].c1cnc2c(c1)ccc1cccnc12. The molecule has 0 aliphatic carbocycles. The smallest absolute Gasteiger partial charge is 0.238 e. The summed E-state index contributed by atoms with van der Waals surface area (Å²) in [6.07, 6.45) is 7.50. The normalized spacial score (nSPS) is 9.79. The zero-order chi connectivity index (χ0) is 21.6. The van der Waals surface area contributed by atoms with Crippen molar-refractivity contribution in [3.8, 4) is 0 Å². The summed E-state index contributed by atoms with van der Waals surface area (Å²) in [6.45, 7) is 0. The first-order chi connectivity index (χ1) is 15.3. The largest absolute Gasteiger partial charge is 1.00 e. The van der Waals surface area contributed by atoms with Crippen molar-refractivity contribution in [2.24, 2.45) is 7.05 Å². The van der Waals surface area contributed by atoms with Gasteiger partial charge >= 0.3 is 0 Å². The molecule has 0 radical (unpaired) electrons. The minimum atomic E-state index is 0. The van der Waals surface area contributed by atoms with Gasteiger partial charge in [-0.15, -0.1) is 0 Å². The highest BCUT2D eigenvalue weighted by Crippen LogP contribution is 2.21. The van der Waals surface area contributed by atoms with Gasteiger partial charge in [-0.3, -0.25) is 9.97 Å². The number of benzene rings is 2. The molecule has 168 valence electrons. The van der Waals surface area contributed by atoms with E-state index in [0.717, 1.165) is 27.3 Å². The fraction of sp³-hybridized carbons (Fsp3) is 0.111. The number of halogens is 2.